The van der Waals surface area contributed by atoms with Crippen LogP contribution in [-0.2, 0) is 10.2 Å². The zero-order chi connectivity index (χ0) is 13.0. The molecule has 0 radical (unpaired) electrons. The molecule has 1 N–H and O–H groups in total. The van der Waals surface area contributed by atoms with Crippen LogP contribution in [0.25, 0.3) is 0 Å². The zero-order valence-electron chi connectivity index (χ0n) is 10.4. The van der Waals surface area contributed by atoms with Crippen LogP contribution in [0.15, 0.2) is 23.1 Å². The minimum absolute atomic E-state index is 0.0296. The number of nitrogens with zero attached hydrogens (tertiary/aromatic N) is 1. The Morgan fingerprint density at radius 2 is 2.17 bits per heavy atom. The van der Waals surface area contributed by atoms with Gasteiger partial charge in [-0.25, -0.2) is 0 Å². The Labute approximate surface area is 111 Å². The first-order valence-corrected chi connectivity index (χ1v) is 6.95. The standard InChI is InChI=1S/C14H14N2OS/c1-13(2)7-14(13,8-15)9-3-4-11-10(5-9)16-12(17)6-18-11/h3-5H,6-7H2,1-2H3,(H,16,17). The molecule has 1 aliphatic heterocycles. The Hall–Kier alpha value is -1.47. The molecule has 1 aromatic carbocycles. The predicted molar refractivity (Wildman–Crippen MR) is 71.5 cm³/mol. The molecule has 1 unspecified atom stereocenters. The number of nitrogens with one attached hydrogen (secondary N) is 1. The summed E-state index contributed by atoms with van der Waals surface area (Å²) in [6.07, 6.45) is 0.885. The molecule has 3 rings (SSSR count). The van der Waals surface area contributed by atoms with Gasteiger partial charge in [-0.05, 0) is 29.5 Å². The van der Waals surface area contributed by atoms with E-state index in [2.05, 4.69) is 25.2 Å². The number of hydrogen-bond acceptors (Lipinski definition) is 3. The first-order valence-electron chi connectivity index (χ1n) is 5.97. The van der Waals surface area contributed by atoms with Crippen LogP contribution in [0.5, 0.6) is 0 Å². The number of fused-ring (bicyclic) bond motifs is 1. The van der Waals surface area contributed by atoms with Crippen LogP contribution < -0.4 is 5.32 Å². The van der Waals surface area contributed by atoms with Gasteiger partial charge < -0.3 is 5.32 Å². The van der Waals surface area contributed by atoms with Gasteiger partial charge in [0, 0.05) is 4.90 Å². The van der Waals surface area contributed by atoms with Crippen LogP contribution in [-0.4, -0.2) is 11.7 Å². The molecule has 92 valence electrons. The van der Waals surface area contributed by atoms with E-state index in [1.807, 2.05) is 18.2 Å². The summed E-state index contributed by atoms with van der Waals surface area (Å²) in [6.45, 7) is 4.23. The molecule has 1 aliphatic carbocycles. The lowest BCUT2D eigenvalue weighted by Gasteiger charge is -2.19. The van der Waals surface area contributed by atoms with Crippen molar-refractivity contribution in [2.45, 2.75) is 30.6 Å². The number of anilines is 1. The van der Waals surface area contributed by atoms with Crippen molar-refractivity contribution in [3.05, 3.63) is 23.8 Å². The fraction of sp³-hybridized carbons (Fsp3) is 0.429. The van der Waals surface area contributed by atoms with Gasteiger partial charge in [-0.1, -0.05) is 19.9 Å². The second kappa shape index (κ2) is 3.52. The van der Waals surface area contributed by atoms with Crippen LogP contribution in [0.4, 0.5) is 5.69 Å². The average Bonchev–Trinajstić information content (AvgIpc) is 2.92. The van der Waals surface area contributed by atoms with E-state index in [1.54, 1.807) is 11.8 Å². The normalized spacial score (nSPS) is 27.9. The van der Waals surface area contributed by atoms with E-state index in [1.165, 1.54) is 0 Å². The average molecular weight is 258 g/mol. The van der Waals surface area contributed by atoms with Crippen molar-refractivity contribution in [2.24, 2.45) is 5.41 Å². The zero-order valence-corrected chi connectivity index (χ0v) is 11.2. The van der Waals surface area contributed by atoms with Crippen molar-refractivity contribution in [2.75, 3.05) is 11.1 Å². The van der Waals surface area contributed by atoms with Gasteiger partial charge in [0.25, 0.3) is 0 Å². The van der Waals surface area contributed by atoms with Gasteiger partial charge in [0.2, 0.25) is 5.91 Å². The summed E-state index contributed by atoms with van der Waals surface area (Å²) >= 11 is 1.55. The summed E-state index contributed by atoms with van der Waals surface area (Å²) in [4.78, 5) is 12.5. The number of nitriles is 1. The molecule has 2 aliphatic rings. The highest BCUT2D eigenvalue weighted by Crippen LogP contribution is 2.64. The molecule has 1 atom stereocenters. The molecule has 1 aromatic rings. The first-order chi connectivity index (χ1) is 8.48. The first kappa shape index (κ1) is 11.6. The number of thioether (sulfide) groups is 1. The summed E-state index contributed by atoms with van der Waals surface area (Å²) in [5, 5.41) is 12.3. The van der Waals surface area contributed by atoms with Gasteiger partial charge in [0.1, 0.15) is 0 Å². The Morgan fingerprint density at radius 1 is 1.44 bits per heavy atom. The molecule has 4 heteroatoms. The number of hydrogen-bond donors (Lipinski definition) is 1. The van der Waals surface area contributed by atoms with E-state index in [0.717, 1.165) is 22.6 Å². The van der Waals surface area contributed by atoms with E-state index in [0.29, 0.717) is 5.75 Å². The number of amides is 1. The van der Waals surface area contributed by atoms with E-state index in [-0.39, 0.29) is 16.7 Å². The SMILES string of the molecule is CC1(C)CC1(C#N)c1ccc2c(c1)NC(=O)CS2. The molecule has 1 heterocycles. The Bertz CT molecular complexity index is 588. The highest BCUT2D eigenvalue weighted by molar-refractivity contribution is 8.00. The second-order valence-corrected chi connectivity index (χ2v) is 6.64. The monoisotopic (exact) mass is 258 g/mol. The van der Waals surface area contributed by atoms with Crippen LogP contribution in [0.3, 0.4) is 0 Å². The molecule has 3 nitrogen and oxygen atoms in total. The van der Waals surface area contributed by atoms with Crippen molar-refractivity contribution in [1.29, 1.82) is 5.26 Å². The topological polar surface area (TPSA) is 52.9 Å². The summed E-state index contributed by atoms with van der Waals surface area (Å²) < 4.78 is 0. The van der Waals surface area contributed by atoms with E-state index in [4.69, 9.17) is 0 Å². The molecule has 1 amide bonds. The second-order valence-electron chi connectivity index (χ2n) is 5.63. The van der Waals surface area contributed by atoms with Gasteiger partial charge in [-0.2, -0.15) is 5.26 Å². The van der Waals surface area contributed by atoms with E-state index < -0.39 is 0 Å². The van der Waals surface area contributed by atoms with Gasteiger partial charge in [-0.15, -0.1) is 11.8 Å². The Morgan fingerprint density at radius 3 is 2.78 bits per heavy atom. The fourth-order valence-corrected chi connectivity index (χ4v) is 3.50. The van der Waals surface area contributed by atoms with Gasteiger partial charge in [-0.3, -0.25) is 4.79 Å². The molecular formula is C14H14N2OS. The predicted octanol–water partition coefficient (Wildman–Crippen LogP) is 2.92. The Kier molecular flexibility index (Phi) is 2.27. The summed E-state index contributed by atoms with van der Waals surface area (Å²) in [5.41, 5.74) is 1.53. The molecule has 0 spiro atoms. The number of benzene rings is 1. The lowest BCUT2D eigenvalue weighted by molar-refractivity contribution is -0.113. The maximum atomic E-state index is 11.4. The summed E-state index contributed by atoms with van der Waals surface area (Å²) in [7, 11) is 0. The third-order valence-electron chi connectivity index (χ3n) is 4.03. The van der Waals surface area contributed by atoms with Gasteiger partial charge in [0.05, 0.1) is 22.9 Å². The smallest absolute Gasteiger partial charge is 0.234 e. The Balaban J connectivity index is 2.04. The van der Waals surface area contributed by atoms with Crippen LogP contribution in [0.2, 0.25) is 0 Å². The number of rotatable bonds is 1. The minimum atomic E-state index is -0.380. The van der Waals surface area contributed by atoms with E-state index >= 15 is 0 Å². The maximum absolute atomic E-state index is 11.4. The van der Waals surface area contributed by atoms with E-state index in [9.17, 15) is 10.1 Å². The molecule has 0 bridgehead atoms. The third-order valence-corrected chi connectivity index (χ3v) is 5.11. The lowest BCUT2D eigenvalue weighted by atomic mass is 9.89. The van der Waals surface area contributed by atoms with Crippen molar-refractivity contribution < 1.29 is 4.79 Å². The molecular weight excluding hydrogens is 244 g/mol. The van der Waals surface area contributed by atoms with Gasteiger partial charge >= 0.3 is 0 Å². The maximum Gasteiger partial charge on any atom is 0.234 e. The highest BCUT2D eigenvalue weighted by atomic mass is 32.2. The van der Waals surface area contributed by atoms with Crippen molar-refractivity contribution in [3.63, 3.8) is 0 Å². The van der Waals surface area contributed by atoms with Crippen LogP contribution in [0, 0.1) is 16.7 Å². The molecule has 18 heavy (non-hydrogen) atoms. The van der Waals surface area contributed by atoms with Crippen LogP contribution in [0.1, 0.15) is 25.8 Å². The quantitative estimate of drug-likeness (QED) is 0.842. The number of carbonyl (C=O) groups excluding carboxylic acids is 1. The van der Waals surface area contributed by atoms with Crippen molar-refractivity contribution in [1.82, 2.24) is 0 Å². The fourth-order valence-electron chi connectivity index (χ4n) is 2.72. The minimum Gasteiger partial charge on any atom is -0.324 e. The number of carbonyl (C=O) groups is 1. The summed E-state index contributed by atoms with van der Waals surface area (Å²) in [5.74, 6) is 0.507. The highest BCUT2D eigenvalue weighted by Gasteiger charge is 2.63. The third kappa shape index (κ3) is 1.47. The molecule has 0 aromatic heterocycles. The molecule has 0 saturated heterocycles. The van der Waals surface area contributed by atoms with Gasteiger partial charge in [0.15, 0.2) is 0 Å². The molecule has 1 saturated carbocycles. The van der Waals surface area contributed by atoms with Crippen LogP contribution >= 0.6 is 11.8 Å². The lowest BCUT2D eigenvalue weighted by Crippen LogP contribution is -2.20. The summed E-state index contributed by atoms with van der Waals surface area (Å²) in [6, 6.07) is 8.47. The largest absolute Gasteiger partial charge is 0.324 e. The van der Waals surface area contributed by atoms with Crippen molar-refractivity contribution >= 4 is 23.4 Å². The van der Waals surface area contributed by atoms with Crippen molar-refractivity contribution in [3.8, 4) is 6.07 Å². The molecule has 1 fully saturated rings.